The van der Waals surface area contributed by atoms with Crippen LogP contribution in [-0.2, 0) is 13.0 Å². The molecular weight excluding hydrogens is 232 g/mol. The van der Waals surface area contributed by atoms with Gasteiger partial charge in [-0.2, -0.15) is 0 Å². The van der Waals surface area contributed by atoms with Crippen molar-refractivity contribution < 1.29 is 19.0 Å². The van der Waals surface area contributed by atoms with Crippen molar-refractivity contribution >= 4 is 0 Å². The van der Waals surface area contributed by atoms with E-state index in [0.29, 0.717) is 17.9 Å². The van der Waals surface area contributed by atoms with Crippen LogP contribution in [-0.4, -0.2) is 19.3 Å². The molecule has 0 unspecified atom stereocenters. The van der Waals surface area contributed by atoms with Crippen LogP contribution in [0.4, 0.5) is 0 Å². The van der Waals surface area contributed by atoms with Gasteiger partial charge < -0.3 is 19.0 Å². The van der Waals surface area contributed by atoms with Crippen LogP contribution in [0.25, 0.3) is 0 Å². The first-order valence-electron chi connectivity index (χ1n) is 5.65. The molecule has 4 heteroatoms. The SMILES string of the molecule is COc1ccc(Cc2cc(CO)co2)cc1OC. The fourth-order valence-corrected chi connectivity index (χ4v) is 1.79. The molecule has 96 valence electrons. The van der Waals surface area contributed by atoms with Crippen molar-refractivity contribution in [3.05, 3.63) is 47.4 Å². The van der Waals surface area contributed by atoms with Crippen LogP contribution in [0.1, 0.15) is 16.9 Å². The Bertz CT molecular complexity index is 516. The molecule has 0 aliphatic carbocycles. The van der Waals surface area contributed by atoms with Crippen LogP contribution in [0.2, 0.25) is 0 Å². The van der Waals surface area contributed by atoms with Crippen molar-refractivity contribution in [1.82, 2.24) is 0 Å². The van der Waals surface area contributed by atoms with E-state index < -0.39 is 0 Å². The minimum Gasteiger partial charge on any atom is -0.493 e. The Morgan fingerprint density at radius 2 is 1.83 bits per heavy atom. The zero-order valence-electron chi connectivity index (χ0n) is 10.5. The molecule has 0 amide bonds. The molecule has 18 heavy (non-hydrogen) atoms. The summed E-state index contributed by atoms with van der Waals surface area (Å²) in [5.41, 5.74) is 1.84. The number of methoxy groups -OCH3 is 2. The number of rotatable bonds is 5. The molecule has 0 fully saturated rings. The molecule has 0 saturated heterocycles. The average Bonchev–Trinajstić information content (AvgIpc) is 2.86. The zero-order valence-corrected chi connectivity index (χ0v) is 10.5. The van der Waals surface area contributed by atoms with Crippen molar-refractivity contribution in [3.8, 4) is 11.5 Å². The lowest BCUT2D eigenvalue weighted by molar-refractivity contribution is 0.280. The smallest absolute Gasteiger partial charge is 0.161 e. The Balaban J connectivity index is 2.18. The summed E-state index contributed by atoms with van der Waals surface area (Å²) in [6, 6.07) is 7.59. The highest BCUT2D eigenvalue weighted by Crippen LogP contribution is 2.28. The summed E-state index contributed by atoms with van der Waals surface area (Å²) in [5.74, 6) is 2.21. The highest BCUT2D eigenvalue weighted by molar-refractivity contribution is 5.43. The van der Waals surface area contributed by atoms with E-state index in [4.69, 9.17) is 19.0 Å². The molecular formula is C14H16O4. The third-order valence-corrected chi connectivity index (χ3v) is 2.72. The number of ether oxygens (including phenoxy) is 2. The van der Waals surface area contributed by atoms with Crippen LogP contribution in [0, 0.1) is 0 Å². The van der Waals surface area contributed by atoms with E-state index >= 15 is 0 Å². The molecule has 1 heterocycles. The summed E-state index contributed by atoms with van der Waals surface area (Å²) >= 11 is 0. The first-order chi connectivity index (χ1) is 8.76. The Kier molecular flexibility index (Phi) is 3.89. The molecule has 0 spiro atoms. The minimum absolute atomic E-state index is 0.00453. The first kappa shape index (κ1) is 12.5. The van der Waals surface area contributed by atoms with Crippen LogP contribution >= 0.6 is 0 Å². The summed E-state index contributed by atoms with van der Waals surface area (Å²) in [4.78, 5) is 0. The highest BCUT2D eigenvalue weighted by Gasteiger charge is 2.07. The van der Waals surface area contributed by atoms with Crippen LogP contribution < -0.4 is 9.47 Å². The van der Waals surface area contributed by atoms with Gasteiger partial charge in [0.2, 0.25) is 0 Å². The molecule has 0 saturated carbocycles. The topological polar surface area (TPSA) is 51.8 Å². The van der Waals surface area contributed by atoms with Crippen molar-refractivity contribution in [3.63, 3.8) is 0 Å². The van der Waals surface area contributed by atoms with E-state index in [-0.39, 0.29) is 6.61 Å². The Hall–Kier alpha value is -1.94. The van der Waals surface area contributed by atoms with Gasteiger partial charge in [-0.25, -0.2) is 0 Å². The molecule has 4 nitrogen and oxygen atoms in total. The van der Waals surface area contributed by atoms with Crippen molar-refractivity contribution in [2.45, 2.75) is 13.0 Å². The normalized spacial score (nSPS) is 10.4. The van der Waals surface area contributed by atoms with E-state index in [1.54, 1.807) is 20.5 Å². The quantitative estimate of drug-likeness (QED) is 0.882. The maximum atomic E-state index is 8.97. The second-order valence-corrected chi connectivity index (χ2v) is 3.95. The van der Waals surface area contributed by atoms with Crippen molar-refractivity contribution in [2.24, 2.45) is 0 Å². The highest BCUT2D eigenvalue weighted by atomic mass is 16.5. The Morgan fingerprint density at radius 3 is 2.44 bits per heavy atom. The maximum absolute atomic E-state index is 8.97. The molecule has 1 N–H and O–H groups in total. The molecule has 1 aromatic heterocycles. The van der Waals surface area contributed by atoms with Gasteiger partial charge in [0.1, 0.15) is 5.76 Å². The van der Waals surface area contributed by atoms with Gasteiger partial charge in [-0.15, -0.1) is 0 Å². The van der Waals surface area contributed by atoms with E-state index in [1.807, 2.05) is 24.3 Å². The van der Waals surface area contributed by atoms with E-state index in [0.717, 1.165) is 16.9 Å². The first-order valence-corrected chi connectivity index (χ1v) is 5.65. The molecule has 2 rings (SSSR count). The van der Waals surface area contributed by atoms with Crippen molar-refractivity contribution in [1.29, 1.82) is 0 Å². The zero-order chi connectivity index (χ0) is 13.0. The summed E-state index contributed by atoms with van der Waals surface area (Å²) < 4.78 is 15.8. The van der Waals surface area contributed by atoms with Gasteiger partial charge in [0, 0.05) is 12.0 Å². The average molecular weight is 248 g/mol. The third kappa shape index (κ3) is 2.65. The van der Waals surface area contributed by atoms with Crippen LogP contribution in [0.3, 0.4) is 0 Å². The lowest BCUT2D eigenvalue weighted by Crippen LogP contribution is -1.93. The van der Waals surface area contributed by atoms with Gasteiger partial charge in [0.25, 0.3) is 0 Å². The number of furan rings is 1. The van der Waals surface area contributed by atoms with Crippen molar-refractivity contribution in [2.75, 3.05) is 14.2 Å². The molecule has 0 radical (unpaired) electrons. The fourth-order valence-electron chi connectivity index (χ4n) is 1.79. The minimum atomic E-state index is -0.00453. The van der Waals surface area contributed by atoms with E-state index in [2.05, 4.69) is 0 Å². The summed E-state index contributed by atoms with van der Waals surface area (Å²) in [7, 11) is 3.22. The summed E-state index contributed by atoms with van der Waals surface area (Å²) in [5, 5.41) is 8.97. The van der Waals surface area contributed by atoms with E-state index in [9.17, 15) is 0 Å². The molecule has 0 aliphatic rings. The number of benzene rings is 1. The fraction of sp³-hybridized carbons (Fsp3) is 0.286. The number of aliphatic hydroxyl groups is 1. The van der Waals surface area contributed by atoms with Crippen LogP contribution in [0.5, 0.6) is 11.5 Å². The summed E-state index contributed by atoms with van der Waals surface area (Å²) in [6.45, 7) is -0.00453. The van der Waals surface area contributed by atoms with Gasteiger partial charge in [0.15, 0.2) is 11.5 Å². The molecule has 0 bridgehead atoms. The Labute approximate surface area is 106 Å². The largest absolute Gasteiger partial charge is 0.493 e. The standard InChI is InChI=1S/C14H16O4/c1-16-13-4-3-10(7-14(13)17-2)5-12-6-11(8-15)9-18-12/h3-4,6-7,9,15H,5,8H2,1-2H3. The maximum Gasteiger partial charge on any atom is 0.161 e. The molecule has 0 atom stereocenters. The lowest BCUT2D eigenvalue weighted by atomic mass is 10.1. The number of hydrogen-bond donors (Lipinski definition) is 1. The van der Waals surface area contributed by atoms with Gasteiger partial charge in [-0.05, 0) is 23.8 Å². The third-order valence-electron chi connectivity index (χ3n) is 2.72. The van der Waals surface area contributed by atoms with Gasteiger partial charge >= 0.3 is 0 Å². The molecule has 1 aromatic carbocycles. The molecule has 2 aromatic rings. The number of aliphatic hydroxyl groups excluding tert-OH is 1. The second-order valence-electron chi connectivity index (χ2n) is 3.95. The lowest BCUT2D eigenvalue weighted by Gasteiger charge is -2.08. The van der Waals surface area contributed by atoms with Gasteiger partial charge in [-0.3, -0.25) is 0 Å². The van der Waals surface area contributed by atoms with Crippen LogP contribution in [0.15, 0.2) is 34.9 Å². The van der Waals surface area contributed by atoms with E-state index in [1.165, 1.54) is 0 Å². The van der Waals surface area contributed by atoms with Gasteiger partial charge in [-0.1, -0.05) is 6.07 Å². The second kappa shape index (κ2) is 5.60. The van der Waals surface area contributed by atoms with Gasteiger partial charge in [0.05, 0.1) is 27.1 Å². The monoisotopic (exact) mass is 248 g/mol. The number of hydrogen-bond acceptors (Lipinski definition) is 4. The predicted molar refractivity (Wildman–Crippen MR) is 67.0 cm³/mol. The molecule has 0 aliphatic heterocycles. The predicted octanol–water partition coefficient (Wildman–Crippen LogP) is 2.38. The Morgan fingerprint density at radius 1 is 1.06 bits per heavy atom. The summed E-state index contributed by atoms with van der Waals surface area (Å²) in [6.07, 6.45) is 2.22.